The van der Waals surface area contributed by atoms with Crippen molar-refractivity contribution < 1.29 is 27.0 Å². The van der Waals surface area contributed by atoms with E-state index in [1.165, 1.54) is 0 Å². The zero-order valence-electron chi connectivity index (χ0n) is 25.2. The molecule has 0 aliphatic rings. The Bertz CT molecular complexity index is 1880. The normalized spacial score (nSPS) is 12.8. The molecule has 5 aromatic rings. The van der Waals surface area contributed by atoms with E-state index in [0.717, 1.165) is 33.4 Å². The first-order chi connectivity index (χ1) is 21.4. The topological polar surface area (TPSA) is 126 Å². The summed E-state index contributed by atoms with van der Waals surface area (Å²) in [7, 11) is -4.08. The van der Waals surface area contributed by atoms with Gasteiger partial charge in [0.05, 0.1) is 0 Å². The van der Waals surface area contributed by atoms with Gasteiger partial charge < -0.3 is 4.42 Å². The van der Waals surface area contributed by atoms with Crippen molar-refractivity contribution in [3.8, 4) is 11.3 Å². The Kier molecular flexibility index (Phi) is 9.63. The van der Waals surface area contributed by atoms with Gasteiger partial charge in [0.2, 0.25) is 0 Å². The molecule has 1 heterocycles. The Morgan fingerprint density at radius 1 is 0.867 bits per heavy atom. The second-order valence-corrected chi connectivity index (χ2v) is 16.1. The Morgan fingerprint density at radius 2 is 1.51 bits per heavy atom. The Balaban J connectivity index is 1.33. The van der Waals surface area contributed by atoms with Crippen LogP contribution in [0.25, 0.3) is 22.3 Å². The summed E-state index contributed by atoms with van der Waals surface area (Å²) in [5.74, 6) is 0.0774. The van der Waals surface area contributed by atoms with Gasteiger partial charge in [-0.2, -0.15) is 0 Å². The Labute approximate surface area is 269 Å². The molecule has 8 nitrogen and oxygen atoms in total. The number of furan rings is 1. The van der Waals surface area contributed by atoms with E-state index in [2.05, 4.69) is 31.4 Å². The van der Waals surface area contributed by atoms with Crippen LogP contribution in [-0.4, -0.2) is 45.0 Å². The molecule has 0 fully saturated rings. The first-order valence-electron chi connectivity index (χ1n) is 14.5. The summed E-state index contributed by atoms with van der Waals surface area (Å²) in [5, 5.41) is 7.52. The summed E-state index contributed by atoms with van der Waals surface area (Å²) in [4.78, 5) is 26.3. The summed E-state index contributed by atoms with van der Waals surface area (Å²) in [6, 6.07) is 31.3. The number of nitrogens with one attached hydrogen (secondary N) is 2. The van der Waals surface area contributed by atoms with E-state index in [0.29, 0.717) is 16.9 Å². The third kappa shape index (κ3) is 8.51. The summed E-state index contributed by atoms with van der Waals surface area (Å²) >= 11 is -1.24. The first kappa shape index (κ1) is 32.2. The molecule has 45 heavy (non-hydrogen) atoms. The monoisotopic (exact) mass is 686 g/mol. The molecule has 10 heteroatoms. The number of hydrogen-bond acceptors (Lipinski definition) is 6. The van der Waals surface area contributed by atoms with Crippen molar-refractivity contribution in [2.75, 3.05) is 16.4 Å². The van der Waals surface area contributed by atoms with Crippen LogP contribution in [0.15, 0.2) is 108 Å². The molecule has 2 atom stereocenters. The quantitative estimate of drug-likeness (QED) is 0.100. The summed E-state index contributed by atoms with van der Waals surface area (Å²) < 4.78 is 36.7. The molecular weight excluding hydrogens is 651 g/mol. The van der Waals surface area contributed by atoms with Crippen molar-refractivity contribution in [3.63, 3.8) is 0 Å². The van der Waals surface area contributed by atoms with E-state index in [1.807, 2.05) is 78.9 Å². The van der Waals surface area contributed by atoms with Crippen molar-refractivity contribution >= 4 is 58.7 Å². The van der Waals surface area contributed by atoms with E-state index in [4.69, 9.17) is 8.97 Å². The van der Waals surface area contributed by atoms with Crippen LogP contribution in [0.3, 0.4) is 0 Å². The van der Waals surface area contributed by atoms with Gasteiger partial charge in [-0.05, 0) is 12.1 Å². The number of fused-ring (bicyclic) bond motifs is 1. The molecule has 1 aromatic heterocycles. The van der Waals surface area contributed by atoms with Gasteiger partial charge in [0.25, 0.3) is 0 Å². The molecule has 5 rings (SSSR count). The van der Waals surface area contributed by atoms with Crippen LogP contribution in [0.2, 0.25) is 5.21 Å². The number of benzene rings is 4. The van der Waals surface area contributed by atoms with Crippen LogP contribution < -0.4 is 10.6 Å². The van der Waals surface area contributed by atoms with Crippen LogP contribution >= 0.6 is 0 Å². The molecule has 0 aliphatic carbocycles. The Hall–Kier alpha value is -4.17. The fraction of sp³-hybridized carbons (Fsp3) is 0.200. The minimum absolute atomic E-state index is 0.0436. The zero-order chi connectivity index (χ0) is 32.2. The molecule has 1 amide bonds. The molecule has 0 bridgehead atoms. The van der Waals surface area contributed by atoms with Crippen molar-refractivity contribution in [2.45, 2.75) is 37.4 Å². The second-order valence-electron chi connectivity index (χ2n) is 11.8. The van der Waals surface area contributed by atoms with Crippen LogP contribution in [0, 0.1) is 0 Å². The van der Waals surface area contributed by atoms with E-state index in [-0.39, 0.29) is 21.1 Å². The van der Waals surface area contributed by atoms with Crippen LogP contribution in [0.1, 0.15) is 48.3 Å². The predicted octanol–water partition coefficient (Wildman–Crippen LogP) is 7.07. The van der Waals surface area contributed by atoms with Gasteiger partial charge in [0.15, 0.2) is 0 Å². The van der Waals surface area contributed by atoms with Gasteiger partial charge in [-0.15, -0.1) is 0 Å². The zero-order valence-corrected chi connectivity index (χ0v) is 28.1. The van der Waals surface area contributed by atoms with Gasteiger partial charge in [-0.1, -0.05) is 39.0 Å². The van der Waals surface area contributed by atoms with Gasteiger partial charge >= 0.3 is 193 Å². The number of amides is 1. The molecule has 0 saturated carbocycles. The number of hydrogen-bond donors (Lipinski definition) is 3. The fourth-order valence-corrected chi connectivity index (χ4v) is 8.69. The number of anilines is 2. The summed E-state index contributed by atoms with van der Waals surface area (Å²) in [6.45, 7) is 6.40. The SMILES string of the molecule is CC(C)(C)c1ccc(C(Nc2ccc(C(=O)[AsH]CCS(=O)(=O)O)cc2)C(=O)Nc2ccc(-c3cc4ccccc4o3)cc2)cc1. The molecule has 0 saturated heterocycles. The standard InChI is InChI=1S/C35H35AsN2O6S/c1-35(2,3)27-14-8-24(9-15-27)32(37-28-18-12-25(13-19-28)33(39)36-20-21-45(41,42)43)34(40)38-29-16-10-23(11-17-29)31-22-26-6-4-5-7-30(26)44-31/h4-19,22,32,36-37H,20-21H2,1-3H3,(H,38,40)(H,41,42,43). The van der Waals surface area contributed by atoms with Gasteiger partial charge in [-0.3, -0.25) is 0 Å². The molecule has 0 spiro atoms. The van der Waals surface area contributed by atoms with Gasteiger partial charge in [-0.25, -0.2) is 0 Å². The average molecular weight is 687 g/mol. The third-order valence-corrected chi connectivity index (χ3v) is 11.1. The van der Waals surface area contributed by atoms with Crippen molar-refractivity contribution in [3.05, 3.63) is 120 Å². The number of rotatable bonds is 11. The Morgan fingerprint density at radius 3 is 2.13 bits per heavy atom. The van der Waals surface area contributed by atoms with Crippen molar-refractivity contribution in [2.24, 2.45) is 0 Å². The molecule has 2 unspecified atom stereocenters. The van der Waals surface area contributed by atoms with Crippen LogP contribution in [-0.2, 0) is 20.3 Å². The molecular formula is C35H35AsN2O6S. The molecule has 232 valence electrons. The molecule has 0 aliphatic heterocycles. The third-order valence-electron chi connectivity index (χ3n) is 7.34. The maximum atomic E-state index is 13.7. The number of carbonyl (C=O) groups is 2. The fourth-order valence-electron chi connectivity index (χ4n) is 4.81. The predicted molar refractivity (Wildman–Crippen MR) is 181 cm³/mol. The molecule has 4 aromatic carbocycles. The second kappa shape index (κ2) is 13.4. The molecule has 0 radical (unpaired) electrons. The molecule has 3 N–H and O–H groups in total. The van der Waals surface area contributed by atoms with E-state index in [1.54, 1.807) is 24.3 Å². The van der Waals surface area contributed by atoms with Crippen molar-refractivity contribution in [1.82, 2.24) is 0 Å². The first-order valence-corrected chi connectivity index (χ1v) is 18.6. The number of carbonyl (C=O) groups excluding carboxylic acids is 2. The number of para-hydroxylation sites is 1. The van der Waals surface area contributed by atoms with Crippen LogP contribution in [0.5, 0.6) is 0 Å². The average Bonchev–Trinajstić information content (AvgIpc) is 3.44. The van der Waals surface area contributed by atoms with E-state index >= 15 is 0 Å². The minimum atomic E-state index is -4.08. The summed E-state index contributed by atoms with van der Waals surface area (Å²) in [5.41, 5.74) is 5.33. The van der Waals surface area contributed by atoms with Gasteiger partial charge in [0, 0.05) is 10.9 Å². The van der Waals surface area contributed by atoms with Crippen LogP contribution in [0.4, 0.5) is 11.4 Å². The van der Waals surface area contributed by atoms with Crippen molar-refractivity contribution in [1.29, 1.82) is 0 Å². The van der Waals surface area contributed by atoms with E-state index in [9.17, 15) is 18.0 Å². The summed E-state index contributed by atoms with van der Waals surface area (Å²) in [6.07, 6.45) is 0. The van der Waals surface area contributed by atoms with E-state index < -0.39 is 37.7 Å². The van der Waals surface area contributed by atoms with Gasteiger partial charge in [0.1, 0.15) is 11.3 Å². The maximum absolute atomic E-state index is 13.7.